The van der Waals surface area contributed by atoms with Crippen LogP contribution in [-0.2, 0) is 32.6 Å². The molecule has 0 aromatic heterocycles. The van der Waals surface area contributed by atoms with Gasteiger partial charge < -0.3 is 10.2 Å². The zero-order valence-corrected chi connectivity index (χ0v) is 27.2. The number of hydrogen-bond acceptors (Lipinski definition) is 4. The molecule has 44 heavy (non-hydrogen) atoms. The van der Waals surface area contributed by atoms with Gasteiger partial charge in [0.15, 0.2) is 0 Å². The van der Waals surface area contributed by atoms with Crippen LogP contribution in [0, 0.1) is 0 Å². The highest BCUT2D eigenvalue weighted by atomic mass is 35.5. The first-order chi connectivity index (χ1) is 21.0. The van der Waals surface area contributed by atoms with Crippen molar-refractivity contribution in [3.63, 3.8) is 0 Å². The van der Waals surface area contributed by atoms with E-state index in [4.69, 9.17) is 34.8 Å². The second-order valence-corrected chi connectivity index (χ2v) is 13.6. The summed E-state index contributed by atoms with van der Waals surface area (Å²) in [5.74, 6) is -0.986. The van der Waals surface area contributed by atoms with Crippen LogP contribution in [0.3, 0.4) is 0 Å². The minimum absolute atomic E-state index is 0.0154. The molecule has 0 spiro atoms. The molecule has 0 unspecified atom stereocenters. The van der Waals surface area contributed by atoms with Crippen LogP contribution in [0.1, 0.15) is 25.0 Å². The molecule has 11 heteroatoms. The lowest BCUT2D eigenvalue weighted by Crippen LogP contribution is -2.54. The van der Waals surface area contributed by atoms with Gasteiger partial charge in [-0.15, -0.1) is 0 Å². The summed E-state index contributed by atoms with van der Waals surface area (Å²) in [5.41, 5.74) is 1.57. The largest absolute Gasteiger partial charge is 0.352 e. The number of amides is 2. The summed E-state index contributed by atoms with van der Waals surface area (Å²) < 4.78 is 29.0. The van der Waals surface area contributed by atoms with E-state index >= 15 is 0 Å². The van der Waals surface area contributed by atoms with E-state index in [-0.39, 0.29) is 45.5 Å². The predicted octanol–water partition coefficient (Wildman–Crippen LogP) is 7.01. The SMILES string of the molecule is CC(C)NC(=O)[C@H](Cc1ccccc1)N(Cc1ccc(Cl)cc1)C(=O)CN(c1cc(Cl)ccc1Cl)S(=O)(=O)c1ccccc1. The Morgan fingerprint density at radius 1 is 0.773 bits per heavy atom. The van der Waals surface area contributed by atoms with Gasteiger partial charge in [-0.1, -0.05) is 95.5 Å². The molecule has 4 aromatic rings. The van der Waals surface area contributed by atoms with E-state index in [1.165, 1.54) is 35.2 Å². The molecule has 230 valence electrons. The van der Waals surface area contributed by atoms with E-state index < -0.39 is 28.5 Å². The lowest BCUT2D eigenvalue weighted by atomic mass is 10.0. The van der Waals surface area contributed by atoms with Crippen molar-refractivity contribution in [1.82, 2.24) is 10.2 Å². The van der Waals surface area contributed by atoms with Crippen LogP contribution in [0.15, 0.2) is 108 Å². The Balaban J connectivity index is 1.82. The molecular weight excluding hydrogens is 641 g/mol. The van der Waals surface area contributed by atoms with Crippen molar-refractivity contribution in [2.75, 3.05) is 10.8 Å². The zero-order chi connectivity index (χ0) is 31.9. The number of benzene rings is 4. The molecule has 2 amide bonds. The number of rotatable bonds is 12. The molecule has 0 heterocycles. The third-order valence-electron chi connectivity index (χ3n) is 6.76. The number of nitrogens with one attached hydrogen (secondary N) is 1. The normalized spacial score (nSPS) is 12.0. The fourth-order valence-electron chi connectivity index (χ4n) is 4.63. The van der Waals surface area contributed by atoms with Crippen LogP contribution in [0.4, 0.5) is 5.69 Å². The van der Waals surface area contributed by atoms with Crippen LogP contribution in [-0.4, -0.2) is 43.8 Å². The lowest BCUT2D eigenvalue weighted by Gasteiger charge is -2.34. The van der Waals surface area contributed by atoms with Crippen molar-refractivity contribution >= 4 is 62.3 Å². The van der Waals surface area contributed by atoms with Gasteiger partial charge in [0.2, 0.25) is 11.8 Å². The van der Waals surface area contributed by atoms with Crippen LogP contribution in [0.5, 0.6) is 0 Å². The molecule has 0 radical (unpaired) electrons. The average molecular weight is 673 g/mol. The summed E-state index contributed by atoms with van der Waals surface area (Å²) in [6, 6.07) is 27.2. The maximum absolute atomic E-state index is 14.4. The Hall–Kier alpha value is -3.56. The summed E-state index contributed by atoms with van der Waals surface area (Å²) in [6.45, 7) is 3.03. The Morgan fingerprint density at radius 2 is 1.36 bits per heavy atom. The summed E-state index contributed by atoms with van der Waals surface area (Å²) in [7, 11) is -4.30. The molecule has 4 aromatic carbocycles. The zero-order valence-electron chi connectivity index (χ0n) is 24.2. The van der Waals surface area contributed by atoms with E-state index in [1.54, 1.807) is 42.5 Å². The summed E-state index contributed by atoms with van der Waals surface area (Å²) in [4.78, 5) is 29.5. The predicted molar refractivity (Wildman–Crippen MR) is 177 cm³/mol. The summed E-state index contributed by atoms with van der Waals surface area (Å²) >= 11 is 18.9. The minimum Gasteiger partial charge on any atom is -0.352 e. The summed E-state index contributed by atoms with van der Waals surface area (Å²) in [5, 5.41) is 3.77. The molecule has 0 bridgehead atoms. The van der Waals surface area contributed by atoms with Crippen molar-refractivity contribution < 1.29 is 18.0 Å². The minimum atomic E-state index is -4.30. The van der Waals surface area contributed by atoms with Crippen molar-refractivity contribution in [2.45, 2.75) is 43.8 Å². The Labute approximate surface area is 273 Å². The molecular formula is C33H32Cl3N3O4S. The molecule has 4 rings (SSSR count). The van der Waals surface area contributed by atoms with Crippen LogP contribution < -0.4 is 9.62 Å². The van der Waals surface area contributed by atoms with Gasteiger partial charge >= 0.3 is 0 Å². The van der Waals surface area contributed by atoms with E-state index in [9.17, 15) is 18.0 Å². The van der Waals surface area contributed by atoms with Gasteiger partial charge in [-0.05, 0) is 67.4 Å². The number of carbonyl (C=O) groups is 2. The molecule has 0 saturated heterocycles. The van der Waals surface area contributed by atoms with Gasteiger partial charge in [0.05, 0.1) is 15.6 Å². The van der Waals surface area contributed by atoms with Crippen LogP contribution in [0.2, 0.25) is 15.1 Å². The lowest BCUT2D eigenvalue weighted by molar-refractivity contribution is -0.140. The maximum Gasteiger partial charge on any atom is 0.264 e. The molecule has 0 aliphatic rings. The molecule has 0 saturated carbocycles. The molecule has 7 nitrogen and oxygen atoms in total. The van der Waals surface area contributed by atoms with Crippen LogP contribution in [0.25, 0.3) is 0 Å². The Kier molecular flexibility index (Phi) is 11.3. The van der Waals surface area contributed by atoms with Crippen molar-refractivity contribution in [3.8, 4) is 0 Å². The quantitative estimate of drug-likeness (QED) is 0.176. The molecule has 0 aliphatic carbocycles. The smallest absolute Gasteiger partial charge is 0.264 e. The highest BCUT2D eigenvalue weighted by molar-refractivity contribution is 7.92. The van der Waals surface area contributed by atoms with Gasteiger partial charge in [-0.2, -0.15) is 0 Å². The van der Waals surface area contributed by atoms with E-state index in [0.29, 0.717) is 10.6 Å². The molecule has 1 atom stereocenters. The highest BCUT2D eigenvalue weighted by Crippen LogP contribution is 2.33. The first kappa shape index (κ1) is 33.3. The third kappa shape index (κ3) is 8.54. The van der Waals surface area contributed by atoms with Gasteiger partial charge in [0.25, 0.3) is 10.0 Å². The Bertz CT molecular complexity index is 1690. The maximum atomic E-state index is 14.4. The average Bonchev–Trinajstić information content (AvgIpc) is 3.00. The van der Waals surface area contributed by atoms with Crippen molar-refractivity contribution in [2.24, 2.45) is 0 Å². The molecule has 0 fully saturated rings. The van der Waals surface area contributed by atoms with Crippen molar-refractivity contribution in [3.05, 3.63) is 129 Å². The Morgan fingerprint density at radius 3 is 1.98 bits per heavy atom. The molecule has 1 N–H and O–H groups in total. The standard InChI is InChI=1S/C33H32Cl3N3O4S/c1-23(2)37-33(41)31(19-24-9-5-3-6-10-24)38(21-25-13-15-26(34)16-14-25)32(40)22-39(30-20-27(35)17-18-29(30)36)44(42,43)28-11-7-4-8-12-28/h3-18,20,23,31H,19,21-22H2,1-2H3,(H,37,41)/t31-/m0/s1. The van der Waals surface area contributed by atoms with Gasteiger partial charge in [0.1, 0.15) is 12.6 Å². The van der Waals surface area contributed by atoms with E-state index in [1.807, 2.05) is 44.2 Å². The van der Waals surface area contributed by atoms with Crippen LogP contribution >= 0.6 is 34.8 Å². The number of halogens is 3. The van der Waals surface area contributed by atoms with E-state index in [0.717, 1.165) is 9.87 Å². The topological polar surface area (TPSA) is 86.8 Å². The van der Waals surface area contributed by atoms with Crippen molar-refractivity contribution in [1.29, 1.82) is 0 Å². The number of carbonyl (C=O) groups excluding carboxylic acids is 2. The molecule has 0 aliphatic heterocycles. The highest BCUT2D eigenvalue weighted by Gasteiger charge is 2.35. The number of anilines is 1. The number of sulfonamides is 1. The number of hydrogen-bond donors (Lipinski definition) is 1. The van der Waals surface area contributed by atoms with E-state index in [2.05, 4.69) is 5.32 Å². The fraction of sp³-hybridized carbons (Fsp3) is 0.212. The fourth-order valence-corrected chi connectivity index (χ4v) is 6.64. The number of nitrogens with zero attached hydrogens (tertiary/aromatic N) is 2. The van der Waals surface area contributed by atoms with Gasteiger partial charge in [0, 0.05) is 29.1 Å². The third-order valence-corrected chi connectivity index (χ3v) is 9.34. The van der Waals surface area contributed by atoms with Gasteiger partial charge in [-0.3, -0.25) is 13.9 Å². The monoisotopic (exact) mass is 671 g/mol. The second kappa shape index (κ2) is 14.9. The summed E-state index contributed by atoms with van der Waals surface area (Å²) in [6.07, 6.45) is 0.197. The second-order valence-electron chi connectivity index (χ2n) is 10.4. The first-order valence-corrected chi connectivity index (χ1v) is 16.4. The first-order valence-electron chi connectivity index (χ1n) is 13.9. The van der Waals surface area contributed by atoms with Gasteiger partial charge in [-0.25, -0.2) is 8.42 Å².